The number of hydrogen-bond donors (Lipinski definition) is 0. The summed E-state index contributed by atoms with van der Waals surface area (Å²) in [5.41, 5.74) is 5.40. The lowest BCUT2D eigenvalue weighted by atomic mass is 9.96. The molecule has 4 aromatic carbocycles. The van der Waals surface area contributed by atoms with Gasteiger partial charge < -0.3 is 9.64 Å². The Hall–Kier alpha value is -3.89. The summed E-state index contributed by atoms with van der Waals surface area (Å²) in [6.45, 7) is 3.08. The zero-order valence-corrected chi connectivity index (χ0v) is 20.0. The van der Waals surface area contributed by atoms with Gasteiger partial charge in [0.25, 0.3) is 5.91 Å². The number of rotatable bonds is 6. The molecule has 5 rings (SSSR count). The van der Waals surface area contributed by atoms with Crippen LogP contribution in [0.5, 0.6) is 5.75 Å². The first-order valence-corrected chi connectivity index (χ1v) is 12.1. The Kier molecular flexibility index (Phi) is 6.92. The first kappa shape index (κ1) is 22.9. The van der Waals surface area contributed by atoms with Crippen LogP contribution in [0.1, 0.15) is 27.5 Å². The van der Waals surface area contributed by atoms with E-state index in [9.17, 15) is 4.79 Å². The molecule has 0 aliphatic carbocycles. The largest absolute Gasteiger partial charge is 0.497 e. The molecule has 0 saturated carbocycles. The highest BCUT2D eigenvalue weighted by atomic mass is 16.5. The summed E-state index contributed by atoms with van der Waals surface area (Å²) >= 11 is 0. The summed E-state index contributed by atoms with van der Waals surface area (Å²) in [5.74, 6) is 0.916. The van der Waals surface area contributed by atoms with Gasteiger partial charge in [0.05, 0.1) is 13.2 Å². The molecule has 1 aliphatic rings. The highest BCUT2D eigenvalue weighted by Crippen LogP contribution is 2.30. The summed E-state index contributed by atoms with van der Waals surface area (Å²) in [6, 6.07) is 37.3. The molecular weight excluding hydrogens is 432 g/mol. The number of piperazine rings is 1. The van der Waals surface area contributed by atoms with Crippen molar-refractivity contribution in [1.29, 1.82) is 0 Å². The maximum atomic E-state index is 13.4. The predicted molar refractivity (Wildman–Crippen MR) is 141 cm³/mol. The van der Waals surface area contributed by atoms with E-state index < -0.39 is 0 Å². The van der Waals surface area contributed by atoms with Crippen molar-refractivity contribution in [3.05, 3.63) is 126 Å². The van der Waals surface area contributed by atoms with E-state index in [1.165, 1.54) is 11.1 Å². The molecule has 4 heteroatoms. The molecule has 4 nitrogen and oxygen atoms in total. The number of methoxy groups -OCH3 is 1. The first-order valence-electron chi connectivity index (χ1n) is 12.1. The van der Waals surface area contributed by atoms with E-state index in [2.05, 4.69) is 65.6 Å². The molecule has 0 radical (unpaired) electrons. The van der Waals surface area contributed by atoms with Crippen LogP contribution in [0.25, 0.3) is 11.1 Å². The zero-order valence-electron chi connectivity index (χ0n) is 20.0. The summed E-state index contributed by atoms with van der Waals surface area (Å²) in [4.78, 5) is 17.9. The SMILES string of the molecule is COc1ccc(-c2cccc(C(=O)N3CCN(C(c4ccccc4)c4ccccc4)CC3)c2)cc1. The summed E-state index contributed by atoms with van der Waals surface area (Å²) in [6.07, 6.45) is 0. The number of carbonyl (C=O) groups is 1. The smallest absolute Gasteiger partial charge is 0.253 e. The van der Waals surface area contributed by atoms with Crippen molar-refractivity contribution in [2.45, 2.75) is 6.04 Å². The molecule has 1 heterocycles. The van der Waals surface area contributed by atoms with Crippen LogP contribution >= 0.6 is 0 Å². The quantitative estimate of drug-likeness (QED) is 0.357. The van der Waals surface area contributed by atoms with Crippen molar-refractivity contribution in [3.8, 4) is 16.9 Å². The lowest BCUT2D eigenvalue weighted by molar-refractivity contribution is 0.0597. The van der Waals surface area contributed by atoms with E-state index in [1.807, 2.05) is 53.4 Å². The molecule has 1 aliphatic heterocycles. The maximum absolute atomic E-state index is 13.4. The topological polar surface area (TPSA) is 32.8 Å². The fraction of sp³-hybridized carbons (Fsp3) is 0.194. The molecule has 0 spiro atoms. The molecule has 1 amide bonds. The van der Waals surface area contributed by atoms with Crippen LogP contribution in [0, 0.1) is 0 Å². The lowest BCUT2D eigenvalue weighted by Gasteiger charge is -2.39. The third-order valence-electron chi connectivity index (χ3n) is 6.73. The maximum Gasteiger partial charge on any atom is 0.253 e. The van der Waals surface area contributed by atoms with Crippen LogP contribution in [-0.4, -0.2) is 49.0 Å². The number of ether oxygens (including phenoxy) is 1. The Morgan fingerprint density at radius 3 is 1.86 bits per heavy atom. The molecule has 0 bridgehead atoms. The minimum absolute atomic E-state index is 0.0935. The summed E-state index contributed by atoms with van der Waals surface area (Å²) in [7, 11) is 1.66. The second kappa shape index (κ2) is 10.6. The third-order valence-corrected chi connectivity index (χ3v) is 6.73. The molecule has 35 heavy (non-hydrogen) atoms. The van der Waals surface area contributed by atoms with Gasteiger partial charge in [-0.3, -0.25) is 9.69 Å². The molecular formula is C31H30N2O2. The molecule has 0 unspecified atom stereocenters. The molecule has 1 fully saturated rings. The normalized spacial score (nSPS) is 14.2. The number of hydrogen-bond acceptors (Lipinski definition) is 3. The number of benzene rings is 4. The fourth-order valence-corrected chi connectivity index (χ4v) is 4.87. The van der Waals surface area contributed by atoms with Crippen molar-refractivity contribution >= 4 is 5.91 Å². The average molecular weight is 463 g/mol. The first-order chi connectivity index (χ1) is 17.2. The van der Waals surface area contributed by atoms with Gasteiger partial charge in [0, 0.05) is 31.7 Å². The summed E-state index contributed by atoms with van der Waals surface area (Å²) < 4.78 is 5.26. The number of nitrogens with zero attached hydrogens (tertiary/aromatic N) is 2. The lowest BCUT2D eigenvalue weighted by Crippen LogP contribution is -2.49. The van der Waals surface area contributed by atoms with Crippen LogP contribution < -0.4 is 4.74 Å². The molecule has 1 saturated heterocycles. The van der Waals surface area contributed by atoms with Gasteiger partial charge in [0.15, 0.2) is 0 Å². The monoisotopic (exact) mass is 462 g/mol. The van der Waals surface area contributed by atoms with Crippen molar-refractivity contribution in [1.82, 2.24) is 9.80 Å². The Morgan fingerprint density at radius 2 is 1.29 bits per heavy atom. The van der Waals surface area contributed by atoms with E-state index in [0.29, 0.717) is 13.1 Å². The van der Waals surface area contributed by atoms with E-state index >= 15 is 0 Å². The van der Waals surface area contributed by atoms with Gasteiger partial charge in [-0.05, 0) is 46.5 Å². The van der Waals surface area contributed by atoms with E-state index in [-0.39, 0.29) is 11.9 Å². The Labute approximate surface area is 207 Å². The van der Waals surface area contributed by atoms with Crippen LogP contribution in [0.4, 0.5) is 0 Å². The summed E-state index contributed by atoms with van der Waals surface area (Å²) in [5, 5.41) is 0. The van der Waals surface area contributed by atoms with Crippen molar-refractivity contribution in [2.24, 2.45) is 0 Å². The van der Waals surface area contributed by atoms with Gasteiger partial charge >= 0.3 is 0 Å². The van der Waals surface area contributed by atoms with Gasteiger partial charge in [0.2, 0.25) is 0 Å². The molecule has 176 valence electrons. The Morgan fingerprint density at radius 1 is 0.686 bits per heavy atom. The minimum Gasteiger partial charge on any atom is -0.497 e. The van der Waals surface area contributed by atoms with Gasteiger partial charge in [-0.2, -0.15) is 0 Å². The molecule has 0 aromatic heterocycles. The van der Waals surface area contributed by atoms with Gasteiger partial charge in [0.1, 0.15) is 5.75 Å². The predicted octanol–water partition coefficient (Wildman–Crippen LogP) is 5.91. The van der Waals surface area contributed by atoms with E-state index in [4.69, 9.17) is 4.74 Å². The fourth-order valence-electron chi connectivity index (χ4n) is 4.87. The molecule has 0 atom stereocenters. The average Bonchev–Trinajstić information content (AvgIpc) is 2.94. The second-order valence-corrected chi connectivity index (χ2v) is 8.86. The van der Waals surface area contributed by atoms with Crippen molar-refractivity contribution in [3.63, 3.8) is 0 Å². The van der Waals surface area contributed by atoms with Crippen LogP contribution in [0.2, 0.25) is 0 Å². The second-order valence-electron chi connectivity index (χ2n) is 8.86. The van der Waals surface area contributed by atoms with Crippen molar-refractivity contribution in [2.75, 3.05) is 33.3 Å². The third kappa shape index (κ3) is 5.13. The molecule has 4 aromatic rings. The van der Waals surface area contributed by atoms with Gasteiger partial charge in [-0.1, -0.05) is 84.9 Å². The van der Waals surface area contributed by atoms with Crippen molar-refractivity contribution < 1.29 is 9.53 Å². The van der Waals surface area contributed by atoms with Gasteiger partial charge in [-0.25, -0.2) is 0 Å². The molecule has 0 N–H and O–H groups in total. The van der Waals surface area contributed by atoms with Crippen LogP contribution in [0.15, 0.2) is 109 Å². The Balaban J connectivity index is 1.30. The van der Waals surface area contributed by atoms with E-state index in [0.717, 1.165) is 35.5 Å². The highest BCUT2D eigenvalue weighted by Gasteiger charge is 2.28. The van der Waals surface area contributed by atoms with Gasteiger partial charge in [-0.15, -0.1) is 0 Å². The van der Waals surface area contributed by atoms with Crippen LogP contribution in [-0.2, 0) is 0 Å². The Bertz CT molecular complexity index is 1210. The number of carbonyl (C=O) groups excluding carboxylic acids is 1. The highest BCUT2D eigenvalue weighted by molar-refractivity contribution is 5.95. The minimum atomic E-state index is 0.0935. The zero-order chi connectivity index (χ0) is 24.0. The van der Waals surface area contributed by atoms with Crippen LogP contribution in [0.3, 0.4) is 0 Å². The van der Waals surface area contributed by atoms with E-state index in [1.54, 1.807) is 7.11 Å². The standard InChI is InChI=1S/C31H30N2O2/c1-35-29-17-15-24(16-18-29)27-13-8-14-28(23-27)31(34)33-21-19-32(20-22-33)30(25-9-4-2-5-10-25)26-11-6-3-7-12-26/h2-18,23,30H,19-22H2,1H3. The number of amides is 1.